The van der Waals surface area contributed by atoms with Crippen molar-refractivity contribution in [1.29, 1.82) is 0 Å². The Morgan fingerprint density at radius 3 is 2.37 bits per heavy atom. The lowest BCUT2D eigenvalue weighted by atomic mass is 10.1. The largest absolute Gasteiger partial charge is 0.457 e. The SMILES string of the molecule is CN(C)S(=O)(=O)c1ccc(F)c(C(=O)OCc2cccc(C(F)(F)F)c2)c1. The molecule has 5 nitrogen and oxygen atoms in total. The molecule has 0 aliphatic rings. The van der Waals surface area contributed by atoms with Gasteiger partial charge in [0, 0.05) is 14.1 Å². The summed E-state index contributed by atoms with van der Waals surface area (Å²) in [5.74, 6) is -2.21. The molecule has 0 aliphatic heterocycles. The number of halogens is 4. The first-order chi connectivity index (χ1) is 12.4. The first-order valence-corrected chi connectivity index (χ1v) is 8.92. The summed E-state index contributed by atoms with van der Waals surface area (Å²) in [6.45, 7) is -0.535. The van der Waals surface area contributed by atoms with Crippen LogP contribution in [0.25, 0.3) is 0 Å². The van der Waals surface area contributed by atoms with Crippen molar-refractivity contribution in [2.45, 2.75) is 17.7 Å². The van der Waals surface area contributed by atoms with Crippen LogP contribution in [0.5, 0.6) is 0 Å². The van der Waals surface area contributed by atoms with Crippen LogP contribution in [0.4, 0.5) is 17.6 Å². The third-order valence-electron chi connectivity index (χ3n) is 3.56. The van der Waals surface area contributed by atoms with Gasteiger partial charge in [-0.3, -0.25) is 0 Å². The van der Waals surface area contributed by atoms with Crippen LogP contribution in [0.1, 0.15) is 21.5 Å². The molecule has 0 radical (unpaired) electrons. The summed E-state index contributed by atoms with van der Waals surface area (Å²) in [5, 5.41) is 0. The molecule has 0 saturated heterocycles. The Hall–Kier alpha value is -2.46. The summed E-state index contributed by atoms with van der Waals surface area (Å²) < 4.78 is 81.8. The van der Waals surface area contributed by atoms with E-state index in [1.165, 1.54) is 20.2 Å². The minimum Gasteiger partial charge on any atom is -0.457 e. The fourth-order valence-electron chi connectivity index (χ4n) is 2.10. The Kier molecular flexibility index (Phi) is 5.91. The van der Waals surface area contributed by atoms with Gasteiger partial charge in [0.2, 0.25) is 10.0 Å². The second kappa shape index (κ2) is 7.65. The Bertz CT molecular complexity index is 956. The first kappa shape index (κ1) is 20.8. The average molecular weight is 405 g/mol. The Morgan fingerprint density at radius 2 is 1.78 bits per heavy atom. The zero-order valence-electron chi connectivity index (χ0n) is 14.2. The highest BCUT2D eigenvalue weighted by atomic mass is 32.2. The van der Waals surface area contributed by atoms with E-state index in [1.54, 1.807) is 0 Å². The topological polar surface area (TPSA) is 63.7 Å². The fourth-order valence-corrected chi connectivity index (χ4v) is 3.02. The molecular weight excluding hydrogens is 390 g/mol. The second-order valence-electron chi connectivity index (χ2n) is 5.70. The first-order valence-electron chi connectivity index (χ1n) is 7.48. The lowest BCUT2D eigenvalue weighted by molar-refractivity contribution is -0.137. The van der Waals surface area contributed by atoms with Crippen molar-refractivity contribution in [3.05, 3.63) is 65.0 Å². The van der Waals surface area contributed by atoms with Crippen molar-refractivity contribution < 1.29 is 35.5 Å². The summed E-state index contributed by atoms with van der Waals surface area (Å²) >= 11 is 0. The van der Waals surface area contributed by atoms with Gasteiger partial charge in [-0.1, -0.05) is 12.1 Å². The highest BCUT2D eigenvalue weighted by Crippen LogP contribution is 2.29. The lowest BCUT2D eigenvalue weighted by Gasteiger charge is -2.13. The molecule has 0 aromatic heterocycles. The molecule has 0 unspecified atom stereocenters. The fraction of sp³-hybridized carbons (Fsp3) is 0.235. The number of carbonyl (C=O) groups is 1. The van der Waals surface area contributed by atoms with Crippen LogP contribution < -0.4 is 0 Å². The molecule has 2 rings (SSSR count). The van der Waals surface area contributed by atoms with Gasteiger partial charge in [0.1, 0.15) is 12.4 Å². The summed E-state index contributed by atoms with van der Waals surface area (Å²) in [7, 11) is -1.37. The quantitative estimate of drug-likeness (QED) is 0.565. The summed E-state index contributed by atoms with van der Waals surface area (Å²) in [6, 6.07) is 6.74. The van der Waals surface area contributed by atoms with E-state index in [4.69, 9.17) is 4.74 Å². The molecule has 0 saturated carbocycles. The van der Waals surface area contributed by atoms with E-state index in [2.05, 4.69) is 0 Å². The molecule has 0 bridgehead atoms. The van der Waals surface area contributed by atoms with Gasteiger partial charge >= 0.3 is 12.1 Å². The normalized spacial score (nSPS) is 12.3. The third kappa shape index (κ3) is 4.83. The zero-order valence-corrected chi connectivity index (χ0v) is 15.1. The number of hydrogen-bond acceptors (Lipinski definition) is 4. The molecule has 0 spiro atoms. The van der Waals surface area contributed by atoms with Gasteiger partial charge in [0.15, 0.2) is 0 Å². The maximum Gasteiger partial charge on any atom is 0.416 e. The monoisotopic (exact) mass is 405 g/mol. The van der Waals surface area contributed by atoms with Gasteiger partial charge in [-0.25, -0.2) is 21.9 Å². The molecule has 0 N–H and O–H groups in total. The second-order valence-corrected chi connectivity index (χ2v) is 7.86. The molecule has 2 aromatic rings. The number of benzene rings is 2. The summed E-state index contributed by atoms with van der Waals surface area (Å²) in [5.41, 5.74) is -1.50. The van der Waals surface area contributed by atoms with Gasteiger partial charge in [0.05, 0.1) is 16.0 Å². The number of sulfonamides is 1. The molecule has 10 heteroatoms. The van der Waals surface area contributed by atoms with E-state index in [0.717, 1.165) is 40.7 Å². The Morgan fingerprint density at radius 1 is 1.11 bits per heavy atom. The minimum atomic E-state index is -4.55. The molecule has 2 aromatic carbocycles. The molecular formula is C17H15F4NO4S. The van der Waals surface area contributed by atoms with E-state index >= 15 is 0 Å². The molecule has 0 amide bonds. The van der Waals surface area contributed by atoms with E-state index in [0.29, 0.717) is 0 Å². The summed E-state index contributed by atoms with van der Waals surface area (Å²) in [6.07, 6.45) is -4.55. The molecule has 146 valence electrons. The van der Waals surface area contributed by atoms with Gasteiger partial charge < -0.3 is 4.74 Å². The van der Waals surface area contributed by atoms with E-state index in [9.17, 15) is 30.8 Å². The molecule has 0 aliphatic carbocycles. The standard InChI is InChI=1S/C17H15F4NO4S/c1-22(2)27(24,25)13-6-7-15(18)14(9-13)16(23)26-10-11-4-3-5-12(8-11)17(19,20)21/h3-9H,10H2,1-2H3. The molecule has 27 heavy (non-hydrogen) atoms. The molecule has 0 heterocycles. The highest BCUT2D eigenvalue weighted by molar-refractivity contribution is 7.89. The maximum atomic E-state index is 13.9. The van der Waals surface area contributed by atoms with Crippen molar-refractivity contribution in [2.24, 2.45) is 0 Å². The number of nitrogens with zero attached hydrogens (tertiary/aromatic N) is 1. The van der Waals surface area contributed by atoms with Crippen molar-refractivity contribution in [3.8, 4) is 0 Å². The van der Waals surface area contributed by atoms with Crippen molar-refractivity contribution in [1.82, 2.24) is 4.31 Å². The smallest absolute Gasteiger partial charge is 0.416 e. The predicted molar refractivity (Wildman–Crippen MR) is 87.8 cm³/mol. The Labute approximate surface area is 153 Å². The lowest BCUT2D eigenvalue weighted by Crippen LogP contribution is -2.22. The van der Waals surface area contributed by atoms with Crippen LogP contribution in [0.15, 0.2) is 47.4 Å². The summed E-state index contributed by atoms with van der Waals surface area (Å²) in [4.78, 5) is 11.8. The third-order valence-corrected chi connectivity index (χ3v) is 5.37. The van der Waals surface area contributed by atoms with E-state index in [-0.39, 0.29) is 10.5 Å². The van der Waals surface area contributed by atoms with Crippen LogP contribution in [-0.2, 0) is 27.5 Å². The molecule has 0 atom stereocenters. The van der Waals surface area contributed by atoms with Gasteiger partial charge in [-0.15, -0.1) is 0 Å². The van der Waals surface area contributed by atoms with Gasteiger partial charge in [-0.2, -0.15) is 13.2 Å². The van der Waals surface area contributed by atoms with Crippen LogP contribution in [0.3, 0.4) is 0 Å². The maximum absolute atomic E-state index is 13.9. The van der Waals surface area contributed by atoms with Crippen LogP contribution >= 0.6 is 0 Å². The number of alkyl halides is 3. The van der Waals surface area contributed by atoms with Crippen LogP contribution in [-0.4, -0.2) is 32.8 Å². The van der Waals surface area contributed by atoms with Crippen LogP contribution in [0.2, 0.25) is 0 Å². The number of rotatable bonds is 5. The van der Waals surface area contributed by atoms with Crippen molar-refractivity contribution >= 4 is 16.0 Å². The van der Waals surface area contributed by atoms with E-state index < -0.39 is 45.7 Å². The average Bonchev–Trinajstić information content (AvgIpc) is 2.59. The van der Waals surface area contributed by atoms with Gasteiger partial charge in [-0.05, 0) is 35.9 Å². The van der Waals surface area contributed by atoms with Crippen molar-refractivity contribution in [3.63, 3.8) is 0 Å². The number of carbonyl (C=O) groups excluding carboxylic acids is 1. The number of ether oxygens (including phenoxy) is 1. The van der Waals surface area contributed by atoms with E-state index in [1.807, 2.05) is 0 Å². The number of esters is 1. The molecule has 0 fully saturated rings. The minimum absolute atomic E-state index is 0.0515. The van der Waals surface area contributed by atoms with Crippen molar-refractivity contribution in [2.75, 3.05) is 14.1 Å². The zero-order chi connectivity index (χ0) is 20.4. The number of hydrogen-bond donors (Lipinski definition) is 0. The Balaban J connectivity index is 2.22. The van der Waals surface area contributed by atoms with Crippen LogP contribution in [0, 0.1) is 5.82 Å². The predicted octanol–water partition coefficient (Wildman–Crippen LogP) is 3.45. The van der Waals surface area contributed by atoms with Gasteiger partial charge in [0.25, 0.3) is 0 Å². The highest BCUT2D eigenvalue weighted by Gasteiger charge is 2.30.